The van der Waals surface area contributed by atoms with Gasteiger partial charge in [0.1, 0.15) is 24.0 Å². The van der Waals surface area contributed by atoms with E-state index in [2.05, 4.69) is 37.2 Å². The molecule has 0 aliphatic carbocycles. The Morgan fingerprint density at radius 1 is 1.07 bits per heavy atom. The van der Waals surface area contributed by atoms with Crippen molar-refractivity contribution in [3.05, 3.63) is 106 Å². The van der Waals surface area contributed by atoms with Gasteiger partial charge in [-0.3, -0.25) is 14.6 Å². The summed E-state index contributed by atoms with van der Waals surface area (Å²) in [6.45, 7) is 4.94. The van der Waals surface area contributed by atoms with Crippen LogP contribution in [0.2, 0.25) is 0 Å². The van der Waals surface area contributed by atoms with Crippen molar-refractivity contribution in [3.63, 3.8) is 0 Å². The standard InChI is InChI=1S/C29H28FN7O3/c1-19-25(16-33-34-28(19)38)37-17-20-4-2-3-5-24(20)26(37)18-40-23-12-21(13-31-15-23)29(39)36-10-8-35(9-11-36)27-7-6-22(30)14-32-27/h2-7,12-16,26H,8-11,17-18H2,1H3,(H,34,38). The molecule has 40 heavy (non-hydrogen) atoms. The Morgan fingerprint density at radius 2 is 1.90 bits per heavy atom. The van der Waals surface area contributed by atoms with Gasteiger partial charge in [-0.1, -0.05) is 24.3 Å². The summed E-state index contributed by atoms with van der Waals surface area (Å²) in [6, 6.07) is 12.7. The first-order valence-electron chi connectivity index (χ1n) is 13.1. The van der Waals surface area contributed by atoms with Crippen LogP contribution in [-0.2, 0) is 6.54 Å². The highest BCUT2D eigenvalue weighted by molar-refractivity contribution is 5.94. The number of fused-ring (bicyclic) bond motifs is 1. The second-order valence-electron chi connectivity index (χ2n) is 9.89. The van der Waals surface area contributed by atoms with E-state index in [0.717, 1.165) is 16.8 Å². The number of nitrogens with zero attached hydrogens (tertiary/aromatic N) is 6. The van der Waals surface area contributed by atoms with Gasteiger partial charge in [0.05, 0.1) is 35.9 Å². The van der Waals surface area contributed by atoms with Gasteiger partial charge in [0.2, 0.25) is 0 Å². The molecule has 0 spiro atoms. The highest BCUT2D eigenvalue weighted by atomic mass is 19.1. The summed E-state index contributed by atoms with van der Waals surface area (Å²) in [5.41, 5.74) is 3.86. The number of carbonyl (C=O) groups excluding carboxylic acids is 1. The summed E-state index contributed by atoms with van der Waals surface area (Å²) in [5, 5.41) is 6.50. The van der Waals surface area contributed by atoms with Crippen molar-refractivity contribution in [2.45, 2.75) is 19.5 Å². The number of amides is 1. The Hall–Kier alpha value is -4.80. The van der Waals surface area contributed by atoms with Crippen LogP contribution in [0.5, 0.6) is 5.75 Å². The fourth-order valence-corrected chi connectivity index (χ4v) is 5.30. The zero-order valence-electron chi connectivity index (χ0n) is 22.0. The van der Waals surface area contributed by atoms with E-state index in [1.807, 2.05) is 17.0 Å². The maximum absolute atomic E-state index is 13.3. The molecule has 6 rings (SSSR count). The summed E-state index contributed by atoms with van der Waals surface area (Å²) in [7, 11) is 0. The SMILES string of the molecule is Cc1c(N2Cc3ccccc3C2COc2cncc(C(=O)N3CCN(c4ccc(F)cn4)CC3)c2)cn[nH]c1=O. The largest absolute Gasteiger partial charge is 0.489 e. The van der Waals surface area contributed by atoms with Gasteiger partial charge in [0, 0.05) is 44.5 Å². The van der Waals surface area contributed by atoms with Gasteiger partial charge in [-0.15, -0.1) is 0 Å². The molecule has 10 nitrogen and oxygen atoms in total. The molecular formula is C29H28FN7O3. The predicted octanol–water partition coefficient (Wildman–Crippen LogP) is 3.11. The van der Waals surface area contributed by atoms with Crippen molar-refractivity contribution in [2.75, 3.05) is 42.6 Å². The van der Waals surface area contributed by atoms with Crippen LogP contribution < -0.4 is 20.1 Å². The first-order chi connectivity index (χ1) is 19.5. The number of pyridine rings is 2. The predicted molar refractivity (Wildman–Crippen MR) is 147 cm³/mol. The van der Waals surface area contributed by atoms with Crippen LogP contribution >= 0.6 is 0 Å². The number of benzene rings is 1. The number of aromatic amines is 1. The molecule has 0 bridgehead atoms. The van der Waals surface area contributed by atoms with Crippen molar-refractivity contribution in [3.8, 4) is 5.75 Å². The molecule has 1 fully saturated rings. The van der Waals surface area contributed by atoms with Crippen LogP contribution in [-0.4, -0.2) is 63.8 Å². The van der Waals surface area contributed by atoms with Crippen LogP contribution in [0, 0.1) is 12.7 Å². The molecule has 2 aliphatic rings. The zero-order chi connectivity index (χ0) is 27.6. The summed E-state index contributed by atoms with van der Waals surface area (Å²) >= 11 is 0. The van der Waals surface area contributed by atoms with Crippen LogP contribution in [0.15, 0.2) is 72.0 Å². The number of aromatic nitrogens is 4. The number of anilines is 2. The lowest BCUT2D eigenvalue weighted by Crippen LogP contribution is -2.49. The van der Waals surface area contributed by atoms with Crippen LogP contribution in [0.3, 0.4) is 0 Å². The maximum Gasteiger partial charge on any atom is 0.269 e. The molecular weight excluding hydrogens is 513 g/mol. The van der Waals surface area contributed by atoms with E-state index in [4.69, 9.17) is 4.74 Å². The fourth-order valence-electron chi connectivity index (χ4n) is 5.30. The average molecular weight is 542 g/mol. The molecule has 2 aliphatic heterocycles. The molecule has 1 unspecified atom stereocenters. The molecule has 4 aromatic rings. The Kier molecular flexibility index (Phi) is 6.85. The number of rotatable bonds is 6. The normalized spacial score (nSPS) is 16.6. The first kappa shape index (κ1) is 25.5. The number of ether oxygens (including phenoxy) is 1. The molecule has 0 saturated carbocycles. The van der Waals surface area contributed by atoms with Crippen LogP contribution in [0.4, 0.5) is 15.9 Å². The number of halogens is 1. The Bertz CT molecular complexity index is 1590. The molecule has 5 heterocycles. The molecule has 11 heteroatoms. The van der Waals surface area contributed by atoms with Gasteiger partial charge in [0.15, 0.2) is 0 Å². The number of carbonyl (C=O) groups is 1. The monoisotopic (exact) mass is 541 g/mol. The van der Waals surface area contributed by atoms with Crippen LogP contribution in [0.25, 0.3) is 0 Å². The number of nitrogens with one attached hydrogen (secondary N) is 1. The third-order valence-electron chi connectivity index (χ3n) is 7.49. The van der Waals surface area contributed by atoms with Crippen molar-refractivity contribution in [1.29, 1.82) is 0 Å². The average Bonchev–Trinajstić information content (AvgIpc) is 3.36. The van der Waals surface area contributed by atoms with Gasteiger partial charge in [0.25, 0.3) is 11.5 Å². The third kappa shape index (κ3) is 4.97. The zero-order valence-corrected chi connectivity index (χ0v) is 22.0. The summed E-state index contributed by atoms with van der Waals surface area (Å²) in [6.07, 6.45) is 6.01. The Morgan fingerprint density at radius 3 is 2.70 bits per heavy atom. The smallest absolute Gasteiger partial charge is 0.269 e. The number of H-pyrrole nitrogens is 1. The van der Waals surface area contributed by atoms with E-state index in [9.17, 15) is 14.0 Å². The molecule has 204 valence electrons. The van der Waals surface area contributed by atoms with E-state index >= 15 is 0 Å². The van der Waals surface area contributed by atoms with Crippen molar-refractivity contribution in [1.82, 2.24) is 25.1 Å². The maximum atomic E-state index is 13.3. The first-order valence-corrected chi connectivity index (χ1v) is 13.1. The van der Waals surface area contributed by atoms with Crippen molar-refractivity contribution >= 4 is 17.4 Å². The minimum Gasteiger partial charge on any atom is -0.489 e. The molecule has 1 saturated heterocycles. The molecule has 3 aromatic heterocycles. The summed E-state index contributed by atoms with van der Waals surface area (Å²) < 4.78 is 19.4. The van der Waals surface area contributed by atoms with Gasteiger partial charge in [-0.25, -0.2) is 14.5 Å². The van der Waals surface area contributed by atoms with Gasteiger partial charge < -0.3 is 19.4 Å². The minimum atomic E-state index is -0.376. The highest BCUT2D eigenvalue weighted by Crippen LogP contribution is 2.38. The third-order valence-corrected chi connectivity index (χ3v) is 7.49. The molecule has 1 amide bonds. The van der Waals surface area contributed by atoms with Crippen molar-refractivity contribution < 1.29 is 13.9 Å². The number of piperazine rings is 1. The topological polar surface area (TPSA) is 108 Å². The Labute approximate surface area is 230 Å². The molecule has 1 N–H and O–H groups in total. The fraction of sp³-hybridized carbons (Fsp3) is 0.276. The number of hydrogen-bond donors (Lipinski definition) is 1. The van der Waals surface area contributed by atoms with E-state index in [0.29, 0.717) is 62.0 Å². The van der Waals surface area contributed by atoms with E-state index in [1.54, 1.807) is 42.5 Å². The number of hydrogen-bond acceptors (Lipinski definition) is 8. The lowest BCUT2D eigenvalue weighted by atomic mass is 10.1. The molecule has 1 atom stereocenters. The lowest BCUT2D eigenvalue weighted by molar-refractivity contribution is 0.0745. The highest BCUT2D eigenvalue weighted by Gasteiger charge is 2.32. The second-order valence-corrected chi connectivity index (χ2v) is 9.89. The van der Waals surface area contributed by atoms with Gasteiger partial charge in [-0.05, 0) is 36.2 Å². The minimum absolute atomic E-state index is 0.122. The van der Waals surface area contributed by atoms with Crippen molar-refractivity contribution in [2.24, 2.45) is 0 Å². The quantitative estimate of drug-likeness (QED) is 0.397. The molecule has 0 radical (unpaired) electrons. The van der Waals surface area contributed by atoms with E-state index < -0.39 is 0 Å². The van der Waals surface area contributed by atoms with E-state index in [1.165, 1.54) is 12.3 Å². The van der Waals surface area contributed by atoms with E-state index in [-0.39, 0.29) is 23.3 Å². The molecule has 1 aromatic carbocycles. The second kappa shape index (κ2) is 10.8. The van der Waals surface area contributed by atoms with Gasteiger partial charge in [-0.2, -0.15) is 5.10 Å². The summed E-state index contributed by atoms with van der Waals surface area (Å²) in [5.74, 6) is 0.687. The Balaban J connectivity index is 1.14. The summed E-state index contributed by atoms with van der Waals surface area (Å²) in [4.78, 5) is 39.9. The lowest BCUT2D eigenvalue weighted by Gasteiger charge is -2.35. The van der Waals surface area contributed by atoms with Crippen LogP contribution in [0.1, 0.15) is 33.1 Å². The van der Waals surface area contributed by atoms with Gasteiger partial charge >= 0.3 is 0 Å².